The average Bonchev–Trinajstić information content (AvgIpc) is 2.78. The Hall–Kier alpha value is -0.780. The number of thiazole rings is 1. The van der Waals surface area contributed by atoms with E-state index >= 15 is 0 Å². The molecule has 4 rings (SSSR count). The van der Waals surface area contributed by atoms with Crippen molar-refractivity contribution in [1.82, 2.24) is 4.98 Å². The molecule has 2 nitrogen and oxygen atoms in total. The highest BCUT2D eigenvalue weighted by atomic mass is 32.2. The molecule has 1 aromatic carbocycles. The number of fused-ring (bicyclic) bond motifs is 5. The summed E-state index contributed by atoms with van der Waals surface area (Å²) in [5.74, 6) is 3.17. The zero-order chi connectivity index (χ0) is 12.1. The number of hydrogen-bond donors (Lipinski definition) is 1. The first kappa shape index (κ1) is 11.1. The zero-order valence-corrected chi connectivity index (χ0v) is 12.0. The van der Waals surface area contributed by atoms with Crippen molar-refractivity contribution in [3.8, 4) is 5.75 Å². The molecule has 3 heterocycles. The Morgan fingerprint density at radius 2 is 2.22 bits per heavy atom. The van der Waals surface area contributed by atoms with Crippen LogP contribution in [0.1, 0.15) is 16.4 Å². The van der Waals surface area contributed by atoms with Crippen molar-refractivity contribution in [3.05, 3.63) is 38.7 Å². The van der Waals surface area contributed by atoms with Gasteiger partial charge in [0, 0.05) is 28.0 Å². The van der Waals surface area contributed by atoms with Crippen LogP contribution in [0, 0.1) is 9.87 Å². The van der Waals surface area contributed by atoms with Crippen molar-refractivity contribution >= 4 is 35.3 Å². The first-order valence-corrected chi connectivity index (χ1v) is 8.11. The van der Waals surface area contributed by atoms with Crippen molar-refractivity contribution < 1.29 is 4.74 Å². The molecule has 0 amide bonds. The van der Waals surface area contributed by atoms with E-state index in [1.165, 1.54) is 15.5 Å². The maximum atomic E-state index is 5.87. The predicted octanol–water partition coefficient (Wildman–Crippen LogP) is 4.05. The zero-order valence-electron chi connectivity index (χ0n) is 9.51. The second-order valence-corrected chi connectivity index (χ2v) is 7.35. The van der Waals surface area contributed by atoms with Crippen LogP contribution in [0.2, 0.25) is 0 Å². The molecular formula is C13H11NOS3. The molecule has 0 spiro atoms. The standard InChI is InChI=1S/C13H11NOS3/c16-13-14-12-11(18-13)10-7(6-17-12)5-15-9-4-2-1-3-8(9)10/h1-4,7,10H,5-6H2,(H,14,16). The Kier molecular flexibility index (Phi) is 2.53. The number of aromatic nitrogens is 1. The lowest BCUT2D eigenvalue weighted by atomic mass is 9.84. The van der Waals surface area contributed by atoms with Crippen LogP contribution < -0.4 is 4.74 Å². The molecule has 2 aliphatic heterocycles. The fourth-order valence-electron chi connectivity index (χ4n) is 2.74. The van der Waals surface area contributed by atoms with Gasteiger partial charge in [-0.05, 0) is 18.3 Å². The minimum atomic E-state index is 0.462. The van der Waals surface area contributed by atoms with Gasteiger partial charge in [-0.3, -0.25) is 0 Å². The van der Waals surface area contributed by atoms with Crippen molar-refractivity contribution in [1.29, 1.82) is 0 Å². The summed E-state index contributed by atoms with van der Waals surface area (Å²) in [5, 5.41) is 1.27. The minimum absolute atomic E-state index is 0.462. The number of H-pyrrole nitrogens is 1. The van der Waals surface area contributed by atoms with Gasteiger partial charge < -0.3 is 9.72 Å². The second-order valence-electron chi connectivity index (χ2n) is 4.61. The highest BCUT2D eigenvalue weighted by Gasteiger charge is 2.38. The van der Waals surface area contributed by atoms with E-state index in [4.69, 9.17) is 17.0 Å². The maximum Gasteiger partial charge on any atom is 0.159 e. The van der Waals surface area contributed by atoms with Crippen LogP contribution in [-0.4, -0.2) is 17.3 Å². The van der Waals surface area contributed by atoms with Gasteiger partial charge in [-0.2, -0.15) is 0 Å². The van der Waals surface area contributed by atoms with Gasteiger partial charge in [-0.15, -0.1) is 23.1 Å². The Balaban J connectivity index is 1.93. The number of para-hydroxylation sites is 1. The van der Waals surface area contributed by atoms with E-state index in [-0.39, 0.29) is 0 Å². The summed E-state index contributed by atoms with van der Waals surface area (Å²) in [7, 11) is 0. The quantitative estimate of drug-likeness (QED) is 0.742. The minimum Gasteiger partial charge on any atom is -0.493 e. The summed E-state index contributed by atoms with van der Waals surface area (Å²) in [4.78, 5) is 4.72. The third-order valence-corrected chi connectivity index (χ3v) is 6.20. The Morgan fingerprint density at radius 3 is 3.17 bits per heavy atom. The Bertz CT molecular complexity index is 660. The number of aromatic amines is 1. The number of benzene rings is 1. The van der Waals surface area contributed by atoms with Crippen molar-refractivity contribution in [2.45, 2.75) is 10.9 Å². The first-order chi connectivity index (χ1) is 8.83. The highest BCUT2D eigenvalue weighted by Crippen LogP contribution is 2.50. The van der Waals surface area contributed by atoms with E-state index in [1.54, 1.807) is 11.3 Å². The lowest BCUT2D eigenvalue weighted by Gasteiger charge is -2.35. The molecule has 2 unspecified atom stereocenters. The Morgan fingerprint density at radius 1 is 1.33 bits per heavy atom. The molecule has 1 N–H and O–H groups in total. The molecule has 5 heteroatoms. The molecular weight excluding hydrogens is 282 g/mol. The average molecular weight is 293 g/mol. The normalized spacial score (nSPS) is 24.7. The van der Waals surface area contributed by atoms with Gasteiger partial charge in [0.05, 0.1) is 11.6 Å². The SMILES string of the molecule is S=c1[nH]c2c(s1)C1c3ccccc3OCC1CS2. The van der Waals surface area contributed by atoms with E-state index in [0.29, 0.717) is 11.8 Å². The van der Waals surface area contributed by atoms with E-state index < -0.39 is 0 Å². The second kappa shape index (κ2) is 4.11. The van der Waals surface area contributed by atoms with Crippen LogP contribution in [0.3, 0.4) is 0 Å². The summed E-state index contributed by atoms with van der Waals surface area (Å²) in [6.45, 7) is 0.818. The van der Waals surface area contributed by atoms with Gasteiger partial charge in [0.2, 0.25) is 0 Å². The molecule has 0 saturated heterocycles. The number of hydrogen-bond acceptors (Lipinski definition) is 4. The fraction of sp³-hybridized carbons (Fsp3) is 0.308. The summed E-state index contributed by atoms with van der Waals surface area (Å²) in [6, 6.07) is 8.39. The lowest BCUT2D eigenvalue weighted by Crippen LogP contribution is -2.30. The first-order valence-electron chi connectivity index (χ1n) is 5.90. The maximum absolute atomic E-state index is 5.87. The molecule has 1 aromatic heterocycles. The molecule has 2 aromatic rings. The van der Waals surface area contributed by atoms with Crippen LogP contribution in [0.15, 0.2) is 29.3 Å². The molecule has 2 atom stereocenters. The fourth-order valence-corrected chi connectivity index (χ4v) is 5.60. The predicted molar refractivity (Wildman–Crippen MR) is 77.5 cm³/mol. The van der Waals surface area contributed by atoms with Crippen molar-refractivity contribution in [2.24, 2.45) is 5.92 Å². The largest absolute Gasteiger partial charge is 0.493 e. The van der Waals surface area contributed by atoms with Crippen LogP contribution in [0.5, 0.6) is 5.75 Å². The molecule has 0 saturated carbocycles. The number of nitrogens with one attached hydrogen (secondary N) is 1. The molecule has 92 valence electrons. The smallest absolute Gasteiger partial charge is 0.159 e. The molecule has 0 aliphatic carbocycles. The van der Waals surface area contributed by atoms with E-state index in [9.17, 15) is 0 Å². The molecule has 18 heavy (non-hydrogen) atoms. The highest BCUT2D eigenvalue weighted by molar-refractivity contribution is 7.99. The summed E-state index contributed by atoms with van der Waals surface area (Å²) in [6.07, 6.45) is 0. The van der Waals surface area contributed by atoms with E-state index in [1.807, 2.05) is 17.8 Å². The van der Waals surface area contributed by atoms with Gasteiger partial charge in [0.25, 0.3) is 0 Å². The lowest BCUT2D eigenvalue weighted by molar-refractivity contribution is 0.219. The van der Waals surface area contributed by atoms with Crippen LogP contribution in [0.4, 0.5) is 0 Å². The topological polar surface area (TPSA) is 25.0 Å². The number of rotatable bonds is 0. The third kappa shape index (κ3) is 1.57. The van der Waals surface area contributed by atoms with Crippen molar-refractivity contribution in [2.75, 3.05) is 12.4 Å². The number of thioether (sulfide) groups is 1. The van der Waals surface area contributed by atoms with Gasteiger partial charge >= 0.3 is 0 Å². The molecule has 0 radical (unpaired) electrons. The van der Waals surface area contributed by atoms with Crippen molar-refractivity contribution in [3.63, 3.8) is 0 Å². The van der Waals surface area contributed by atoms with Gasteiger partial charge in [0.15, 0.2) is 3.95 Å². The summed E-state index contributed by atoms with van der Waals surface area (Å²) < 4.78 is 6.76. The third-order valence-electron chi connectivity index (χ3n) is 3.54. The summed E-state index contributed by atoms with van der Waals surface area (Å²) >= 11 is 8.89. The summed E-state index contributed by atoms with van der Waals surface area (Å²) in [5.41, 5.74) is 1.32. The van der Waals surface area contributed by atoms with E-state index in [2.05, 4.69) is 23.2 Å². The molecule has 0 bridgehead atoms. The number of ether oxygens (including phenoxy) is 1. The Labute approximate surface area is 118 Å². The van der Waals surface area contributed by atoms with Gasteiger partial charge in [-0.25, -0.2) is 0 Å². The molecule has 0 fully saturated rings. The van der Waals surface area contributed by atoms with E-state index in [0.717, 1.165) is 22.1 Å². The van der Waals surface area contributed by atoms with Crippen LogP contribution >= 0.6 is 35.3 Å². The molecule has 2 aliphatic rings. The monoisotopic (exact) mass is 293 g/mol. The van der Waals surface area contributed by atoms with Crippen LogP contribution in [-0.2, 0) is 0 Å². The van der Waals surface area contributed by atoms with Crippen LogP contribution in [0.25, 0.3) is 0 Å². The van der Waals surface area contributed by atoms with Gasteiger partial charge in [0.1, 0.15) is 5.75 Å². The van der Waals surface area contributed by atoms with Gasteiger partial charge in [-0.1, -0.05) is 18.2 Å².